The number of rotatable bonds is 6. The van der Waals surface area contributed by atoms with E-state index in [9.17, 15) is 8.42 Å². The molecule has 1 aliphatic rings. The predicted molar refractivity (Wildman–Crippen MR) is 132 cm³/mol. The number of fused-ring (bicyclic) bond motifs is 3. The van der Waals surface area contributed by atoms with Gasteiger partial charge in [-0.25, -0.2) is 13.4 Å². The minimum atomic E-state index is -3.40. The maximum Gasteiger partial charge on any atom is 0.178 e. The monoisotopic (exact) mass is 480 g/mol. The van der Waals surface area contributed by atoms with Crippen LogP contribution in [0.5, 0.6) is 5.75 Å². The van der Waals surface area contributed by atoms with Crippen molar-refractivity contribution in [2.45, 2.75) is 44.5 Å². The second-order valence-electron chi connectivity index (χ2n) is 9.09. The SMILES string of the molecule is CCS(=O)(=O)c1ccc(OCC2COC(C)(C)O2)c(-c2cccc3c2[nH]c2ncc(C)cc23)c1. The van der Waals surface area contributed by atoms with Crippen LogP contribution in [0.25, 0.3) is 33.1 Å². The summed E-state index contributed by atoms with van der Waals surface area (Å²) in [4.78, 5) is 8.22. The van der Waals surface area contributed by atoms with Crippen molar-refractivity contribution in [2.75, 3.05) is 19.0 Å². The van der Waals surface area contributed by atoms with Gasteiger partial charge in [0.15, 0.2) is 15.6 Å². The van der Waals surface area contributed by atoms with Gasteiger partial charge in [0.05, 0.1) is 22.8 Å². The summed E-state index contributed by atoms with van der Waals surface area (Å²) in [5, 5.41) is 2.04. The maximum absolute atomic E-state index is 12.7. The van der Waals surface area contributed by atoms with Gasteiger partial charge in [0.1, 0.15) is 24.1 Å². The Balaban J connectivity index is 1.63. The van der Waals surface area contributed by atoms with E-state index in [1.807, 2.05) is 45.2 Å². The Morgan fingerprint density at radius 2 is 1.97 bits per heavy atom. The highest BCUT2D eigenvalue weighted by molar-refractivity contribution is 7.91. The van der Waals surface area contributed by atoms with Crippen LogP contribution in [0.4, 0.5) is 0 Å². The number of aromatic amines is 1. The molecule has 178 valence electrons. The van der Waals surface area contributed by atoms with Gasteiger partial charge in [-0.2, -0.15) is 0 Å². The van der Waals surface area contributed by atoms with Crippen LogP contribution in [0, 0.1) is 6.92 Å². The first-order valence-electron chi connectivity index (χ1n) is 11.4. The second-order valence-corrected chi connectivity index (χ2v) is 11.4. The van der Waals surface area contributed by atoms with Gasteiger partial charge in [0.2, 0.25) is 0 Å². The molecule has 7 nitrogen and oxygen atoms in total. The number of H-pyrrole nitrogens is 1. The summed E-state index contributed by atoms with van der Waals surface area (Å²) in [5.74, 6) is -0.0372. The average molecular weight is 481 g/mol. The zero-order valence-corrected chi connectivity index (χ0v) is 20.5. The fourth-order valence-electron chi connectivity index (χ4n) is 4.36. The maximum atomic E-state index is 12.7. The first-order valence-corrected chi connectivity index (χ1v) is 13.0. The molecule has 1 saturated heterocycles. The van der Waals surface area contributed by atoms with Crippen molar-refractivity contribution in [3.63, 3.8) is 0 Å². The zero-order valence-electron chi connectivity index (χ0n) is 19.7. The number of pyridine rings is 1. The number of benzene rings is 2. The van der Waals surface area contributed by atoms with Crippen molar-refractivity contribution < 1.29 is 22.6 Å². The fourth-order valence-corrected chi connectivity index (χ4v) is 5.27. The van der Waals surface area contributed by atoms with E-state index in [1.54, 1.807) is 25.1 Å². The standard InChI is InChI=1S/C26H28N2O5S/c1-5-34(29,30)18-9-10-23(31-14-17-15-32-26(3,4)33-17)21(12-18)19-7-6-8-20-22-11-16(2)13-27-25(22)28-24(19)20/h6-13,17H,5,14-15H2,1-4H3,(H,27,28). The molecule has 0 aliphatic carbocycles. The first kappa shape index (κ1) is 22.8. The van der Waals surface area contributed by atoms with Crippen LogP contribution >= 0.6 is 0 Å². The molecule has 8 heteroatoms. The van der Waals surface area contributed by atoms with E-state index in [1.165, 1.54) is 0 Å². The molecule has 1 atom stereocenters. The molecule has 0 radical (unpaired) electrons. The molecule has 1 aliphatic heterocycles. The molecule has 2 aromatic carbocycles. The Bertz CT molecular complexity index is 1490. The molecule has 1 fully saturated rings. The topological polar surface area (TPSA) is 90.5 Å². The van der Waals surface area contributed by atoms with Crippen molar-refractivity contribution in [3.05, 3.63) is 54.2 Å². The molecule has 4 aromatic rings. The van der Waals surface area contributed by atoms with Crippen LogP contribution in [-0.4, -0.2) is 49.2 Å². The van der Waals surface area contributed by atoms with Gasteiger partial charge in [0.25, 0.3) is 0 Å². The van der Waals surface area contributed by atoms with Crippen LogP contribution in [0.3, 0.4) is 0 Å². The largest absolute Gasteiger partial charge is 0.490 e. The third kappa shape index (κ3) is 4.17. The van der Waals surface area contributed by atoms with E-state index in [2.05, 4.69) is 16.0 Å². The number of hydrogen-bond donors (Lipinski definition) is 1. The van der Waals surface area contributed by atoms with E-state index in [0.29, 0.717) is 24.5 Å². The van der Waals surface area contributed by atoms with Gasteiger partial charge in [0, 0.05) is 28.1 Å². The van der Waals surface area contributed by atoms with Gasteiger partial charge in [-0.15, -0.1) is 0 Å². The molecule has 34 heavy (non-hydrogen) atoms. The number of ether oxygens (including phenoxy) is 3. The van der Waals surface area contributed by atoms with Gasteiger partial charge in [-0.1, -0.05) is 25.1 Å². The highest BCUT2D eigenvalue weighted by atomic mass is 32.2. The lowest BCUT2D eigenvalue weighted by molar-refractivity contribution is -0.141. The van der Waals surface area contributed by atoms with Gasteiger partial charge in [-0.05, 0) is 50.6 Å². The Labute approximate surface area is 199 Å². The highest BCUT2D eigenvalue weighted by Crippen LogP contribution is 2.39. The van der Waals surface area contributed by atoms with Crippen LogP contribution in [0.1, 0.15) is 26.3 Å². The van der Waals surface area contributed by atoms with Crippen LogP contribution in [-0.2, 0) is 19.3 Å². The number of aryl methyl sites for hydroxylation is 1. The van der Waals surface area contributed by atoms with E-state index in [0.717, 1.165) is 33.1 Å². The number of sulfone groups is 1. The molecular formula is C26H28N2O5S. The van der Waals surface area contributed by atoms with Crippen molar-refractivity contribution in [1.82, 2.24) is 9.97 Å². The summed E-state index contributed by atoms with van der Waals surface area (Å²) in [7, 11) is -3.40. The molecule has 1 unspecified atom stereocenters. The predicted octanol–water partition coefficient (Wildman–Crippen LogP) is 5.02. The molecule has 3 heterocycles. The van der Waals surface area contributed by atoms with Crippen molar-refractivity contribution >= 4 is 31.8 Å². The summed E-state index contributed by atoms with van der Waals surface area (Å²) in [6.07, 6.45) is 1.61. The smallest absolute Gasteiger partial charge is 0.178 e. The molecular weight excluding hydrogens is 452 g/mol. The Morgan fingerprint density at radius 3 is 2.71 bits per heavy atom. The third-order valence-corrected chi connectivity index (χ3v) is 7.83. The fraction of sp³-hybridized carbons (Fsp3) is 0.346. The van der Waals surface area contributed by atoms with Gasteiger partial charge in [-0.3, -0.25) is 0 Å². The molecule has 0 bridgehead atoms. The quantitative estimate of drug-likeness (QED) is 0.417. The van der Waals surface area contributed by atoms with Gasteiger partial charge >= 0.3 is 0 Å². The van der Waals surface area contributed by atoms with Crippen molar-refractivity contribution in [3.8, 4) is 16.9 Å². The summed E-state index contributed by atoms with van der Waals surface area (Å²) in [6, 6.07) is 13.1. The molecule has 2 aromatic heterocycles. The Kier molecular flexibility index (Phi) is 5.62. The number of para-hydroxylation sites is 1. The van der Waals surface area contributed by atoms with E-state index < -0.39 is 15.6 Å². The van der Waals surface area contributed by atoms with E-state index in [-0.39, 0.29) is 16.8 Å². The molecule has 0 amide bonds. The van der Waals surface area contributed by atoms with Gasteiger partial charge < -0.3 is 19.2 Å². The Morgan fingerprint density at radius 1 is 1.15 bits per heavy atom. The molecule has 0 spiro atoms. The summed E-state index contributed by atoms with van der Waals surface area (Å²) < 4.78 is 43.1. The van der Waals surface area contributed by atoms with E-state index in [4.69, 9.17) is 14.2 Å². The minimum absolute atomic E-state index is 0.0226. The van der Waals surface area contributed by atoms with Crippen LogP contribution in [0.15, 0.2) is 53.6 Å². The lowest BCUT2D eigenvalue weighted by atomic mass is 10.0. The lowest BCUT2D eigenvalue weighted by Crippen LogP contribution is -2.25. The number of aromatic nitrogens is 2. The Hall–Kier alpha value is -2.94. The summed E-state index contributed by atoms with van der Waals surface area (Å²) >= 11 is 0. The number of hydrogen-bond acceptors (Lipinski definition) is 6. The number of nitrogens with zero attached hydrogens (tertiary/aromatic N) is 1. The minimum Gasteiger partial charge on any atom is -0.490 e. The molecule has 1 N–H and O–H groups in total. The second kappa shape index (κ2) is 8.37. The summed E-state index contributed by atoms with van der Waals surface area (Å²) in [5.41, 5.74) is 4.28. The van der Waals surface area contributed by atoms with Crippen LogP contribution < -0.4 is 4.74 Å². The molecule has 0 saturated carbocycles. The third-order valence-electron chi connectivity index (χ3n) is 6.09. The zero-order chi connectivity index (χ0) is 24.1. The average Bonchev–Trinajstić information content (AvgIpc) is 3.36. The normalized spacial score (nSPS) is 18.1. The summed E-state index contributed by atoms with van der Waals surface area (Å²) in [6.45, 7) is 8.12. The van der Waals surface area contributed by atoms with Crippen LogP contribution in [0.2, 0.25) is 0 Å². The van der Waals surface area contributed by atoms with Crippen molar-refractivity contribution in [1.29, 1.82) is 0 Å². The lowest BCUT2D eigenvalue weighted by Gasteiger charge is -2.18. The first-order chi connectivity index (χ1) is 16.2. The highest BCUT2D eigenvalue weighted by Gasteiger charge is 2.33. The van der Waals surface area contributed by atoms with Crippen molar-refractivity contribution in [2.24, 2.45) is 0 Å². The number of nitrogens with one attached hydrogen (secondary N) is 1. The van der Waals surface area contributed by atoms with E-state index >= 15 is 0 Å². The molecule has 5 rings (SSSR count).